The van der Waals surface area contributed by atoms with Gasteiger partial charge in [0.05, 0.1) is 6.54 Å². The number of halogens is 1. The van der Waals surface area contributed by atoms with E-state index in [0.29, 0.717) is 24.4 Å². The van der Waals surface area contributed by atoms with Gasteiger partial charge < -0.3 is 9.73 Å². The predicted octanol–water partition coefficient (Wildman–Crippen LogP) is 1.67. The van der Waals surface area contributed by atoms with E-state index in [9.17, 15) is 4.39 Å². The van der Waals surface area contributed by atoms with E-state index in [-0.39, 0.29) is 5.82 Å². The van der Waals surface area contributed by atoms with Crippen molar-refractivity contribution in [3.8, 4) is 11.5 Å². The maximum Gasteiger partial charge on any atom is 0.247 e. The monoisotopic (exact) mass is 276 g/mol. The standard InChI is InChI=1S/C14H17FN4O/c1-10-8-16-6-7-19(10)9-13-17-18-14(20-13)11-2-4-12(15)5-3-11/h2-5,10,16H,6-9H2,1H3. The van der Waals surface area contributed by atoms with Crippen molar-refractivity contribution in [1.82, 2.24) is 20.4 Å². The summed E-state index contributed by atoms with van der Waals surface area (Å²) in [5.41, 5.74) is 0.735. The van der Waals surface area contributed by atoms with Gasteiger partial charge in [-0.1, -0.05) is 0 Å². The van der Waals surface area contributed by atoms with Crippen molar-refractivity contribution in [2.45, 2.75) is 19.5 Å². The number of hydrogen-bond donors (Lipinski definition) is 1. The molecule has 0 aliphatic carbocycles. The minimum absolute atomic E-state index is 0.275. The van der Waals surface area contributed by atoms with Crippen LogP contribution in [0.4, 0.5) is 4.39 Å². The molecule has 106 valence electrons. The Morgan fingerprint density at radius 1 is 1.35 bits per heavy atom. The minimum Gasteiger partial charge on any atom is -0.419 e. The number of hydrogen-bond acceptors (Lipinski definition) is 5. The zero-order valence-electron chi connectivity index (χ0n) is 11.3. The second kappa shape index (κ2) is 5.68. The molecule has 0 spiro atoms. The molecule has 3 rings (SSSR count). The number of aromatic nitrogens is 2. The van der Waals surface area contributed by atoms with E-state index in [1.807, 2.05) is 0 Å². The molecule has 0 bridgehead atoms. The highest BCUT2D eigenvalue weighted by atomic mass is 19.1. The van der Waals surface area contributed by atoms with Crippen LogP contribution in [0.15, 0.2) is 28.7 Å². The van der Waals surface area contributed by atoms with Crippen LogP contribution in [0.2, 0.25) is 0 Å². The smallest absolute Gasteiger partial charge is 0.247 e. The first kappa shape index (κ1) is 13.2. The van der Waals surface area contributed by atoms with Gasteiger partial charge in [0.2, 0.25) is 11.8 Å². The Morgan fingerprint density at radius 2 is 2.15 bits per heavy atom. The summed E-state index contributed by atoms with van der Waals surface area (Å²) in [5, 5.41) is 11.4. The van der Waals surface area contributed by atoms with Crippen LogP contribution >= 0.6 is 0 Å². The number of benzene rings is 1. The maximum absolute atomic E-state index is 12.9. The predicted molar refractivity (Wildman–Crippen MR) is 72.4 cm³/mol. The molecule has 1 N–H and O–H groups in total. The van der Waals surface area contributed by atoms with Crippen LogP contribution in [0, 0.1) is 5.82 Å². The van der Waals surface area contributed by atoms with E-state index in [4.69, 9.17) is 4.42 Å². The molecular formula is C14H17FN4O. The normalized spacial score (nSPS) is 20.2. The minimum atomic E-state index is -0.275. The topological polar surface area (TPSA) is 54.2 Å². The van der Waals surface area contributed by atoms with E-state index in [2.05, 4.69) is 27.3 Å². The van der Waals surface area contributed by atoms with Crippen molar-refractivity contribution < 1.29 is 8.81 Å². The number of piperazine rings is 1. The van der Waals surface area contributed by atoms with Crippen molar-refractivity contribution in [3.63, 3.8) is 0 Å². The molecule has 2 aromatic rings. The van der Waals surface area contributed by atoms with Gasteiger partial charge >= 0.3 is 0 Å². The number of rotatable bonds is 3. The Balaban J connectivity index is 1.71. The van der Waals surface area contributed by atoms with Crippen LogP contribution < -0.4 is 5.32 Å². The lowest BCUT2D eigenvalue weighted by atomic mass is 10.2. The van der Waals surface area contributed by atoms with Gasteiger partial charge in [0.25, 0.3) is 0 Å². The second-order valence-corrected chi connectivity index (χ2v) is 5.03. The Hall–Kier alpha value is -1.79. The molecule has 0 amide bonds. The molecule has 5 nitrogen and oxygen atoms in total. The highest BCUT2D eigenvalue weighted by molar-refractivity contribution is 5.51. The van der Waals surface area contributed by atoms with Crippen molar-refractivity contribution in [2.24, 2.45) is 0 Å². The average molecular weight is 276 g/mol. The Bertz CT molecular complexity index is 569. The first-order valence-corrected chi connectivity index (χ1v) is 6.75. The lowest BCUT2D eigenvalue weighted by Gasteiger charge is -2.32. The van der Waals surface area contributed by atoms with Crippen molar-refractivity contribution >= 4 is 0 Å². The van der Waals surface area contributed by atoms with E-state index >= 15 is 0 Å². The van der Waals surface area contributed by atoms with E-state index in [0.717, 1.165) is 25.2 Å². The van der Waals surface area contributed by atoms with Gasteiger partial charge in [-0.3, -0.25) is 4.90 Å². The Labute approximate surface area is 116 Å². The third kappa shape index (κ3) is 2.86. The summed E-state index contributed by atoms with van der Waals surface area (Å²) in [5.74, 6) is 0.754. The molecule has 2 heterocycles. The zero-order valence-corrected chi connectivity index (χ0v) is 11.3. The summed E-state index contributed by atoms with van der Waals surface area (Å²) in [4.78, 5) is 2.30. The molecule has 1 unspecified atom stereocenters. The number of nitrogens with one attached hydrogen (secondary N) is 1. The molecule has 1 atom stereocenters. The zero-order chi connectivity index (χ0) is 13.9. The quantitative estimate of drug-likeness (QED) is 0.924. The fourth-order valence-electron chi connectivity index (χ4n) is 2.32. The fraction of sp³-hybridized carbons (Fsp3) is 0.429. The second-order valence-electron chi connectivity index (χ2n) is 5.03. The van der Waals surface area contributed by atoms with Gasteiger partial charge in [-0.2, -0.15) is 0 Å². The first-order chi connectivity index (χ1) is 9.72. The molecule has 1 aliphatic rings. The van der Waals surface area contributed by atoms with Gasteiger partial charge in [-0.05, 0) is 31.2 Å². The van der Waals surface area contributed by atoms with Gasteiger partial charge in [-0.25, -0.2) is 4.39 Å². The van der Waals surface area contributed by atoms with Gasteiger partial charge in [0.15, 0.2) is 0 Å². The van der Waals surface area contributed by atoms with Crippen molar-refractivity contribution in [2.75, 3.05) is 19.6 Å². The molecule has 0 saturated carbocycles. The fourth-order valence-corrected chi connectivity index (χ4v) is 2.32. The van der Waals surface area contributed by atoms with Crippen LogP contribution in [-0.2, 0) is 6.54 Å². The maximum atomic E-state index is 12.9. The van der Waals surface area contributed by atoms with Gasteiger partial charge in [0, 0.05) is 31.2 Å². The highest BCUT2D eigenvalue weighted by Gasteiger charge is 2.20. The molecule has 1 fully saturated rings. The summed E-state index contributed by atoms with van der Waals surface area (Å²) >= 11 is 0. The summed E-state index contributed by atoms with van der Waals surface area (Å²) in [6, 6.07) is 6.50. The van der Waals surface area contributed by atoms with E-state index < -0.39 is 0 Å². The Kier molecular flexibility index (Phi) is 3.75. The van der Waals surface area contributed by atoms with Crippen molar-refractivity contribution in [1.29, 1.82) is 0 Å². The summed E-state index contributed by atoms with van der Waals surface area (Å²) < 4.78 is 18.5. The summed E-state index contributed by atoms with van der Waals surface area (Å²) in [6.07, 6.45) is 0. The van der Waals surface area contributed by atoms with Crippen LogP contribution in [0.5, 0.6) is 0 Å². The Morgan fingerprint density at radius 3 is 2.90 bits per heavy atom. The number of nitrogens with zero attached hydrogens (tertiary/aromatic N) is 3. The lowest BCUT2D eigenvalue weighted by Crippen LogP contribution is -2.49. The molecule has 1 saturated heterocycles. The van der Waals surface area contributed by atoms with E-state index in [1.165, 1.54) is 12.1 Å². The molecule has 0 radical (unpaired) electrons. The molecule has 20 heavy (non-hydrogen) atoms. The molecular weight excluding hydrogens is 259 g/mol. The van der Waals surface area contributed by atoms with Crippen LogP contribution in [0.1, 0.15) is 12.8 Å². The third-order valence-electron chi connectivity index (χ3n) is 3.54. The van der Waals surface area contributed by atoms with Gasteiger partial charge in [0.1, 0.15) is 5.82 Å². The SMILES string of the molecule is CC1CNCCN1Cc1nnc(-c2ccc(F)cc2)o1. The molecule has 1 aromatic carbocycles. The summed E-state index contributed by atoms with van der Waals surface area (Å²) in [6.45, 7) is 5.73. The lowest BCUT2D eigenvalue weighted by molar-refractivity contribution is 0.151. The van der Waals surface area contributed by atoms with Crippen LogP contribution in [0.25, 0.3) is 11.5 Å². The van der Waals surface area contributed by atoms with Gasteiger partial charge in [-0.15, -0.1) is 10.2 Å². The van der Waals surface area contributed by atoms with Crippen LogP contribution in [0.3, 0.4) is 0 Å². The molecule has 1 aliphatic heterocycles. The molecule has 6 heteroatoms. The van der Waals surface area contributed by atoms with Crippen LogP contribution in [-0.4, -0.2) is 40.8 Å². The summed E-state index contributed by atoms with van der Waals surface area (Å²) in [7, 11) is 0. The first-order valence-electron chi connectivity index (χ1n) is 6.75. The van der Waals surface area contributed by atoms with E-state index in [1.54, 1.807) is 12.1 Å². The highest BCUT2D eigenvalue weighted by Crippen LogP contribution is 2.19. The largest absolute Gasteiger partial charge is 0.419 e. The molecule has 1 aromatic heterocycles. The van der Waals surface area contributed by atoms with Crippen molar-refractivity contribution in [3.05, 3.63) is 36.0 Å². The third-order valence-corrected chi connectivity index (χ3v) is 3.54. The average Bonchev–Trinajstić information content (AvgIpc) is 2.91.